The normalized spacial score (nSPS) is 11.7. The van der Waals surface area contributed by atoms with E-state index in [0.717, 1.165) is 0 Å². The summed E-state index contributed by atoms with van der Waals surface area (Å²) in [5.41, 5.74) is 8.67. The Balaban J connectivity index is -0.000000145. The van der Waals surface area contributed by atoms with Crippen LogP contribution in [0.5, 0.6) is 0 Å². The molecule has 0 heterocycles. The minimum absolute atomic E-state index is 0. The smallest absolute Gasteiger partial charge is 0.550 e. The van der Waals surface area contributed by atoms with Gasteiger partial charge in [0.2, 0.25) is 0 Å². The number of carboxylic acids is 15. The van der Waals surface area contributed by atoms with E-state index in [1.807, 2.05) is 0 Å². The van der Waals surface area contributed by atoms with Gasteiger partial charge in [0.25, 0.3) is 0 Å². The molecule has 11 N–H and O–H groups in total. The second kappa shape index (κ2) is 54.8. The van der Waals surface area contributed by atoms with Crippen molar-refractivity contribution in [3.05, 3.63) is 0 Å². The zero-order chi connectivity index (χ0) is 63.6. The van der Waals surface area contributed by atoms with Gasteiger partial charge in [-0.1, -0.05) is 0 Å². The van der Waals surface area contributed by atoms with Crippen molar-refractivity contribution in [2.45, 2.75) is 92.5 Å². The summed E-state index contributed by atoms with van der Waals surface area (Å²) in [5.74, 6) is -27.8. The predicted molar refractivity (Wildman–Crippen MR) is 226 cm³/mol. The molecule has 0 bridgehead atoms. The summed E-state index contributed by atoms with van der Waals surface area (Å²) in [5, 5.41) is 174. The molecule has 0 aromatic carbocycles. The molecule has 0 amide bonds. The molecule has 0 spiro atoms. The summed E-state index contributed by atoms with van der Waals surface area (Å²) in [7, 11) is 0. The van der Waals surface area contributed by atoms with Crippen molar-refractivity contribution in [2.75, 3.05) is 78.5 Å². The van der Waals surface area contributed by atoms with Crippen molar-refractivity contribution in [3.63, 3.8) is 0 Å². The zero-order valence-electron chi connectivity index (χ0n) is 44.7. The molecule has 0 aromatic heterocycles. The summed E-state index contributed by atoms with van der Waals surface area (Å²) >= 11 is 0. The van der Waals surface area contributed by atoms with E-state index < -0.39 is 221 Å². The number of nitrogens with zero attached hydrogens (tertiary/aromatic N) is 3. The average Bonchev–Trinajstić information content (AvgIpc) is 3.27. The number of nitrogens with two attached hydrogens (primary N) is 3. The number of hydrogen-bond acceptors (Lipinski definition) is 39. The van der Waals surface area contributed by atoms with Crippen molar-refractivity contribution >= 4 is 89.5 Å². The van der Waals surface area contributed by atoms with Crippen LogP contribution in [0.1, 0.15) is 57.8 Å². The van der Waals surface area contributed by atoms with E-state index in [-0.39, 0.29) is 244 Å². The monoisotopic (exact) mass is 1970 g/mol. The summed E-state index contributed by atoms with van der Waals surface area (Å²) < 4.78 is 0. The van der Waals surface area contributed by atoms with Crippen LogP contribution >= 0.6 is 0 Å². The Morgan fingerprint density at radius 1 is 0.276 bits per heavy atom. The van der Waals surface area contributed by atoms with Gasteiger partial charge in [-0.2, -0.15) is 0 Å². The van der Waals surface area contributed by atoms with E-state index in [9.17, 15) is 149 Å². The number of aliphatic carboxylic acids is 15. The van der Waals surface area contributed by atoms with E-state index in [1.165, 1.54) is 0 Å². The maximum absolute atomic E-state index is 11.2. The minimum Gasteiger partial charge on any atom is -0.550 e. The maximum Gasteiger partial charge on any atom is 3.00 e. The van der Waals surface area contributed by atoms with Crippen molar-refractivity contribution < 1.29 is 354 Å². The minimum atomic E-state index is -2.40. The van der Waals surface area contributed by atoms with E-state index in [0.29, 0.717) is 14.7 Å². The fourth-order valence-electron chi connectivity index (χ4n) is 8.43. The van der Waals surface area contributed by atoms with Crippen LogP contribution in [0.4, 0.5) is 0 Å². The fraction of sp³-hybridized carbons (Fsp3) is 0.643. The number of carbonyl (C=O) groups excluding carboxylic acids is 15. The summed E-state index contributed by atoms with van der Waals surface area (Å²) in [6, 6.07) is -4.79. The molecule has 5 radical (unpaired) electrons. The molecule has 495 valence electrons. The van der Waals surface area contributed by atoms with Crippen molar-refractivity contribution in [1.82, 2.24) is 30.7 Å². The molecule has 3 unspecified atom stereocenters. The third kappa shape index (κ3) is 45.3. The van der Waals surface area contributed by atoms with Gasteiger partial charge in [-0.15, -0.1) is 0 Å². The van der Waals surface area contributed by atoms with Crippen LogP contribution in [0.3, 0.4) is 0 Å². The van der Waals surface area contributed by atoms with Crippen molar-refractivity contribution in [1.29, 1.82) is 0 Å². The van der Waals surface area contributed by atoms with Gasteiger partial charge in [-0.3, -0.25) is 14.7 Å². The first-order chi connectivity index (χ1) is 37.3. The first-order valence-corrected chi connectivity index (χ1v) is 22.9. The molecule has 87 heavy (non-hydrogen) atoms. The Morgan fingerprint density at radius 2 is 0.414 bits per heavy atom. The zero-order valence-corrected chi connectivity index (χ0v) is 56.0. The Kier molecular flexibility index (Phi) is 65.6. The second-order valence-electron chi connectivity index (χ2n) is 17.0. The number of carbonyl (C=O) groups is 15. The Morgan fingerprint density at radius 3 is 0.506 bits per heavy atom. The van der Waals surface area contributed by atoms with Crippen LogP contribution in [0.25, 0.3) is 0 Å². The summed E-state index contributed by atoms with van der Waals surface area (Å²) in [6.07, 6.45) is -10.4. The third-order valence-electron chi connectivity index (χ3n) is 11.2. The standard InChI is InChI=1S/3C14H23N3O10.5Gd.H2O/c3*15-1-2-16-8(3-9(18)19)14(4-10(20)21,5-11(22)23)17(6-12(24)25)7-13(26)27;;;;;;/h3*8,16H,1-7,15H2,(H,18,19)(H,20,21)(H,22,23)(H,24,25)(H,26,27);;;;;;1H2/q;;;5*+3;/p-15. The number of carboxylic acid groups (broad SMARTS) is 15. The molecule has 40 nitrogen and oxygen atoms in total. The molecular formula is C42H56Gd5N9O31. The quantitative estimate of drug-likeness (QED) is 0.0330. The maximum atomic E-state index is 11.2. The molecule has 0 rings (SSSR count). The van der Waals surface area contributed by atoms with Crippen LogP contribution in [0.15, 0.2) is 0 Å². The summed E-state index contributed by atoms with van der Waals surface area (Å²) in [4.78, 5) is 168. The van der Waals surface area contributed by atoms with E-state index in [2.05, 4.69) is 16.0 Å². The van der Waals surface area contributed by atoms with Crippen molar-refractivity contribution in [2.24, 2.45) is 17.2 Å². The molecule has 3 atom stereocenters. The van der Waals surface area contributed by atoms with Gasteiger partial charge in [0.1, 0.15) is 0 Å². The molecule has 0 aliphatic carbocycles. The third-order valence-corrected chi connectivity index (χ3v) is 11.2. The average molecular weight is 1970 g/mol. The SMILES string of the molecule is NCCNC(CC(=O)[O-])C(CC(=O)[O-])(CC(=O)[O-])N(CC(=O)[O-])CC(=O)[O-].NCCNC(CC(=O)[O-])C(CC(=O)[O-])(CC(=O)[O-])N(CC(=O)[O-])CC(=O)[O-].NCCNC(CC(=O)[O-])C(CC(=O)[O-])(CC(=O)[O-])N(CC(=O)[O-])CC(=O)[O-].O.[Gd+3].[Gd+3].[Gd+3].[Gd+3].[Gd+3]. The summed E-state index contributed by atoms with van der Waals surface area (Å²) in [6.45, 7) is -8.06. The first kappa shape index (κ1) is 104. The number of hydrogen-bond donors (Lipinski definition) is 6. The van der Waals surface area contributed by atoms with Gasteiger partial charge < -0.3 is 187 Å². The van der Waals surface area contributed by atoms with E-state index in [4.69, 9.17) is 17.2 Å². The van der Waals surface area contributed by atoms with Gasteiger partial charge in [0, 0.05) is 225 Å². The topological polar surface area (TPSA) is 757 Å². The van der Waals surface area contributed by atoms with E-state index in [1.54, 1.807) is 0 Å². The van der Waals surface area contributed by atoms with Gasteiger partial charge in [0.05, 0.1) is 35.8 Å². The molecular weight excluding hydrogens is 1910 g/mol. The van der Waals surface area contributed by atoms with Crippen LogP contribution in [-0.4, -0.2) is 223 Å². The second-order valence-corrected chi connectivity index (χ2v) is 17.0. The predicted octanol–water partition coefficient (Wildman–Crippen LogP) is -28.2. The molecule has 0 saturated heterocycles. The van der Waals surface area contributed by atoms with E-state index >= 15 is 0 Å². The van der Waals surface area contributed by atoms with Gasteiger partial charge in [0.15, 0.2) is 0 Å². The Hall–Kier alpha value is -1.73. The molecule has 0 fully saturated rings. The van der Waals surface area contributed by atoms with Crippen LogP contribution in [-0.2, 0) is 71.9 Å². The molecule has 0 saturated carbocycles. The molecule has 0 aliphatic rings. The number of nitrogens with one attached hydrogen (secondary N) is 3. The van der Waals surface area contributed by atoms with Crippen molar-refractivity contribution in [3.8, 4) is 0 Å². The molecule has 0 aliphatic heterocycles. The molecule has 0 aromatic rings. The first-order valence-electron chi connectivity index (χ1n) is 22.9. The van der Waals surface area contributed by atoms with Gasteiger partial charge >= 0.3 is 200 Å². The van der Waals surface area contributed by atoms with Crippen LogP contribution < -0.4 is 110 Å². The Bertz CT molecular complexity index is 1910. The number of rotatable bonds is 45. The Labute approximate surface area is 652 Å². The molecule has 45 heteroatoms. The van der Waals surface area contributed by atoms with Crippen LogP contribution in [0, 0.1) is 200 Å². The van der Waals surface area contributed by atoms with Gasteiger partial charge in [-0.25, -0.2) is 0 Å². The van der Waals surface area contributed by atoms with Gasteiger partial charge in [-0.05, 0) is 0 Å². The largest absolute Gasteiger partial charge is 3.00 e. The van der Waals surface area contributed by atoms with Crippen LogP contribution in [0.2, 0.25) is 0 Å². The fourth-order valence-corrected chi connectivity index (χ4v) is 8.43.